The first kappa shape index (κ1) is 14.1. The van der Waals surface area contributed by atoms with Crippen molar-refractivity contribution in [3.05, 3.63) is 29.3 Å². The summed E-state index contributed by atoms with van der Waals surface area (Å²) in [6.07, 6.45) is 2.98. The number of hydrogen-bond donors (Lipinski definition) is 1. The molecule has 1 amide bonds. The van der Waals surface area contributed by atoms with Crippen LogP contribution in [0.1, 0.15) is 37.3 Å². The highest BCUT2D eigenvalue weighted by Gasteiger charge is 2.24. The number of aryl methyl sites for hydroxylation is 2. The molecule has 2 rings (SSSR count). The Kier molecular flexibility index (Phi) is 4.59. The van der Waals surface area contributed by atoms with Crippen LogP contribution in [-0.2, 0) is 9.53 Å². The lowest BCUT2D eigenvalue weighted by atomic mass is 9.98. The van der Waals surface area contributed by atoms with E-state index in [2.05, 4.69) is 18.3 Å². The minimum absolute atomic E-state index is 0.0803. The quantitative estimate of drug-likeness (QED) is 0.901. The standard InChI is InChI=1S/C16H23NO2/c1-11-6-7-12(2)14(9-11)17-16(18)10-13(3)15-5-4-8-19-15/h6-7,9,13,15H,4-5,8,10H2,1-3H3,(H,17,18)/t13-,15-/m0/s1. The van der Waals surface area contributed by atoms with Gasteiger partial charge in [-0.25, -0.2) is 0 Å². The third kappa shape index (κ3) is 3.80. The molecule has 0 unspecified atom stereocenters. The normalized spacial score (nSPS) is 20.3. The summed E-state index contributed by atoms with van der Waals surface area (Å²) in [4.78, 5) is 12.1. The Morgan fingerprint density at radius 1 is 1.47 bits per heavy atom. The Morgan fingerprint density at radius 2 is 2.26 bits per heavy atom. The fourth-order valence-electron chi connectivity index (χ4n) is 2.55. The summed E-state index contributed by atoms with van der Waals surface area (Å²) in [6, 6.07) is 6.11. The molecule has 0 aliphatic carbocycles. The van der Waals surface area contributed by atoms with Gasteiger partial charge in [0, 0.05) is 18.7 Å². The second-order valence-electron chi connectivity index (χ2n) is 5.60. The van der Waals surface area contributed by atoms with E-state index in [4.69, 9.17) is 4.74 Å². The molecule has 1 aromatic rings. The first-order valence-electron chi connectivity index (χ1n) is 7.05. The highest BCUT2D eigenvalue weighted by atomic mass is 16.5. The number of anilines is 1. The van der Waals surface area contributed by atoms with Gasteiger partial charge in [-0.05, 0) is 49.8 Å². The number of rotatable bonds is 4. The summed E-state index contributed by atoms with van der Waals surface area (Å²) in [5.41, 5.74) is 3.18. The third-order valence-electron chi connectivity index (χ3n) is 3.77. The van der Waals surface area contributed by atoms with Crippen LogP contribution < -0.4 is 5.32 Å². The summed E-state index contributed by atoms with van der Waals surface area (Å²) in [7, 11) is 0. The van der Waals surface area contributed by atoms with Gasteiger partial charge in [0.05, 0.1) is 6.10 Å². The van der Waals surface area contributed by atoms with E-state index in [1.807, 2.05) is 26.0 Å². The smallest absolute Gasteiger partial charge is 0.224 e. The molecule has 0 bridgehead atoms. The molecule has 19 heavy (non-hydrogen) atoms. The van der Waals surface area contributed by atoms with Crippen LogP contribution in [0.3, 0.4) is 0 Å². The summed E-state index contributed by atoms with van der Waals surface area (Å²) in [6.45, 7) is 6.98. The Labute approximate surface area is 115 Å². The van der Waals surface area contributed by atoms with E-state index in [1.165, 1.54) is 0 Å². The van der Waals surface area contributed by atoms with Crippen molar-refractivity contribution in [1.29, 1.82) is 0 Å². The largest absolute Gasteiger partial charge is 0.378 e. The Balaban J connectivity index is 1.91. The predicted octanol–water partition coefficient (Wildman–Crippen LogP) is 3.45. The summed E-state index contributed by atoms with van der Waals surface area (Å²) >= 11 is 0. The Bertz CT molecular complexity index is 450. The molecule has 3 heteroatoms. The molecule has 1 heterocycles. The minimum atomic E-state index is 0.0803. The lowest BCUT2D eigenvalue weighted by Crippen LogP contribution is -2.23. The maximum atomic E-state index is 12.1. The van der Waals surface area contributed by atoms with Gasteiger partial charge >= 0.3 is 0 Å². The van der Waals surface area contributed by atoms with Crippen LogP contribution in [0.5, 0.6) is 0 Å². The molecule has 1 aliphatic heterocycles. The van der Waals surface area contributed by atoms with Crippen LogP contribution in [0.25, 0.3) is 0 Å². The highest BCUT2D eigenvalue weighted by molar-refractivity contribution is 5.91. The number of carbonyl (C=O) groups is 1. The van der Waals surface area contributed by atoms with Crippen molar-refractivity contribution in [1.82, 2.24) is 0 Å². The maximum Gasteiger partial charge on any atom is 0.224 e. The van der Waals surface area contributed by atoms with E-state index in [0.29, 0.717) is 6.42 Å². The number of carbonyl (C=O) groups excluding carboxylic acids is 1. The SMILES string of the molecule is Cc1ccc(C)c(NC(=O)C[C@H](C)[C@@H]2CCCO2)c1. The van der Waals surface area contributed by atoms with Crippen molar-refractivity contribution < 1.29 is 9.53 Å². The first-order valence-corrected chi connectivity index (χ1v) is 7.05. The highest BCUT2D eigenvalue weighted by Crippen LogP contribution is 2.23. The number of nitrogens with one attached hydrogen (secondary N) is 1. The van der Waals surface area contributed by atoms with E-state index in [0.717, 1.165) is 36.3 Å². The van der Waals surface area contributed by atoms with Crippen molar-refractivity contribution >= 4 is 11.6 Å². The Hall–Kier alpha value is -1.35. The second kappa shape index (κ2) is 6.20. The van der Waals surface area contributed by atoms with Gasteiger partial charge in [-0.3, -0.25) is 4.79 Å². The van der Waals surface area contributed by atoms with E-state index in [1.54, 1.807) is 0 Å². The van der Waals surface area contributed by atoms with Gasteiger partial charge in [-0.15, -0.1) is 0 Å². The molecular formula is C16H23NO2. The van der Waals surface area contributed by atoms with Gasteiger partial charge in [-0.2, -0.15) is 0 Å². The molecule has 1 saturated heterocycles. The maximum absolute atomic E-state index is 12.1. The predicted molar refractivity (Wildman–Crippen MR) is 77.3 cm³/mol. The molecule has 3 nitrogen and oxygen atoms in total. The zero-order valence-corrected chi connectivity index (χ0v) is 12.0. The van der Waals surface area contributed by atoms with Crippen LogP contribution in [0.15, 0.2) is 18.2 Å². The van der Waals surface area contributed by atoms with Gasteiger partial charge in [0.25, 0.3) is 0 Å². The number of ether oxygens (including phenoxy) is 1. The molecule has 0 saturated carbocycles. The average Bonchev–Trinajstić information content (AvgIpc) is 2.87. The average molecular weight is 261 g/mol. The molecule has 0 aromatic heterocycles. The third-order valence-corrected chi connectivity index (χ3v) is 3.77. The summed E-state index contributed by atoms with van der Waals surface area (Å²) in [5, 5.41) is 3.01. The summed E-state index contributed by atoms with van der Waals surface area (Å²) < 4.78 is 5.63. The van der Waals surface area contributed by atoms with Crippen molar-refractivity contribution in [3.63, 3.8) is 0 Å². The van der Waals surface area contributed by atoms with Crippen molar-refractivity contribution in [3.8, 4) is 0 Å². The van der Waals surface area contributed by atoms with Crippen LogP contribution >= 0.6 is 0 Å². The zero-order chi connectivity index (χ0) is 13.8. The molecule has 1 N–H and O–H groups in total. The van der Waals surface area contributed by atoms with E-state index in [-0.39, 0.29) is 17.9 Å². The van der Waals surface area contributed by atoms with Crippen molar-refractivity contribution in [2.24, 2.45) is 5.92 Å². The first-order chi connectivity index (χ1) is 9.06. The number of amides is 1. The van der Waals surface area contributed by atoms with Crippen LogP contribution in [0, 0.1) is 19.8 Å². The van der Waals surface area contributed by atoms with E-state index < -0.39 is 0 Å². The molecule has 0 radical (unpaired) electrons. The molecule has 1 fully saturated rings. The van der Waals surface area contributed by atoms with Gasteiger partial charge in [-0.1, -0.05) is 19.1 Å². The topological polar surface area (TPSA) is 38.3 Å². The summed E-state index contributed by atoms with van der Waals surface area (Å²) in [5.74, 6) is 0.365. The van der Waals surface area contributed by atoms with E-state index >= 15 is 0 Å². The van der Waals surface area contributed by atoms with Crippen LogP contribution in [0.4, 0.5) is 5.69 Å². The lowest BCUT2D eigenvalue weighted by Gasteiger charge is -2.18. The molecular weight excluding hydrogens is 238 g/mol. The monoisotopic (exact) mass is 261 g/mol. The Morgan fingerprint density at radius 3 is 2.95 bits per heavy atom. The fourth-order valence-corrected chi connectivity index (χ4v) is 2.55. The zero-order valence-electron chi connectivity index (χ0n) is 12.0. The van der Waals surface area contributed by atoms with Gasteiger partial charge < -0.3 is 10.1 Å². The number of hydrogen-bond acceptors (Lipinski definition) is 2. The van der Waals surface area contributed by atoms with Gasteiger partial charge in [0.1, 0.15) is 0 Å². The molecule has 1 aromatic carbocycles. The van der Waals surface area contributed by atoms with Gasteiger partial charge in [0.2, 0.25) is 5.91 Å². The molecule has 104 valence electrons. The van der Waals surface area contributed by atoms with Crippen molar-refractivity contribution in [2.75, 3.05) is 11.9 Å². The van der Waals surface area contributed by atoms with E-state index in [9.17, 15) is 4.79 Å². The molecule has 2 atom stereocenters. The van der Waals surface area contributed by atoms with Gasteiger partial charge in [0.15, 0.2) is 0 Å². The number of benzene rings is 1. The molecule has 0 spiro atoms. The van der Waals surface area contributed by atoms with Crippen molar-refractivity contribution in [2.45, 2.75) is 46.1 Å². The molecule has 1 aliphatic rings. The minimum Gasteiger partial charge on any atom is -0.378 e. The lowest BCUT2D eigenvalue weighted by molar-refractivity contribution is -0.117. The fraction of sp³-hybridized carbons (Fsp3) is 0.562. The second-order valence-corrected chi connectivity index (χ2v) is 5.60. The van der Waals surface area contributed by atoms with Crippen LogP contribution in [-0.4, -0.2) is 18.6 Å². The van der Waals surface area contributed by atoms with Crippen LogP contribution in [0.2, 0.25) is 0 Å².